The van der Waals surface area contributed by atoms with Crippen LogP contribution >= 0.6 is 0 Å². The number of nitrogens with two attached hydrogens (primary N) is 1. The first-order valence-corrected chi connectivity index (χ1v) is 13.3. The summed E-state index contributed by atoms with van der Waals surface area (Å²) in [4.78, 5) is 0. The number of ether oxygens (including phenoxy) is 1. The lowest BCUT2D eigenvalue weighted by molar-refractivity contribution is -0.102. The van der Waals surface area contributed by atoms with Crippen LogP contribution in [0.5, 0.6) is 11.5 Å². The summed E-state index contributed by atoms with van der Waals surface area (Å²) in [6.07, 6.45) is 6.44. The Hall–Kier alpha value is -2.09. The fraction of sp³-hybridized carbons (Fsp3) is 0.538. The van der Waals surface area contributed by atoms with Gasteiger partial charge in [-0.05, 0) is 90.5 Å². The maximum atomic E-state index is 11.9. The van der Waals surface area contributed by atoms with E-state index in [1.54, 1.807) is 6.07 Å². The number of aliphatic hydroxyl groups is 1. The van der Waals surface area contributed by atoms with E-state index in [0.717, 1.165) is 44.1 Å². The molecule has 0 amide bonds. The molecule has 3 aliphatic rings. The molecule has 0 spiro atoms. The highest BCUT2D eigenvalue weighted by molar-refractivity contribution is 7.84. The van der Waals surface area contributed by atoms with Crippen LogP contribution in [-0.4, -0.2) is 26.2 Å². The van der Waals surface area contributed by atoms with E-state index in [0.29, 0.717) is 29.9 Å². The van der Waals surface area contributed by atoms with Crippen molar-refractivity contribution in [2.45, 2.75) is 63.4 Å². The van der Waals surface area contributed by atoms with Crippen LogP contribution in [0.15, 0.2) is 42.5 Å². The van der Waals surface area contributed by atoms with Gasteiger partial charge in [0.05, 0.1) is 12.7 Å². The van der Waals surface area contributed by atoms with Crippen LogP contribution in [0.25, 0.3) is 0 Å². The predicted octanol–water partition coefficient (Wildman–Crippen LogP) is 4.11. The van der Waals surface area contributed by atoms with E-state index in [1.807, 2.05) is 24.3 Å². The van der Waals surface area contributed by atoms with Gasteiger partial charge in [-0.2, -0.15) is 13.6 Å². The Labute approximate surface area is 196 Å². The standard InChI is InChI=1S/C26H33NO5S/c1-25-12-10-19-20(22(25)11-13-26(25,28)16-17-6-4-3-5-7-17)9-8-18-14-24(32-33(27,29)30)23(31-2)15-21(18)19/h3-7,14-15,19-20,22,28H,8-13,16H2,1-2H3,(H2,27,29,30)/t19?,20?,22?,25-,26+/m0/s1. The molecule has 0 saturated heterocycles. The second-order valence-corrected chi connectivity index (χ2v) is 11.5. The molecule has 0 aliphatic heterocycles. The van der Waals surface area contributed by atoms with E-state index >= 15 is 0 Å². The average Bonchev–Trinajstić information content (AvgIpc) is 3.03. The third kappa shape index (κ3) is 3.84. The number of rotatable bonds is 5. The van der Waals surface area contributed by atoms with Crippen molar-refractivity contribution in [3.8, 4) is 11.5 Å². The van der Waals surface area contributed by atoms with Crippen LogP contribution in [0.3, 0.4) is 0 Å². The van der Waals surface area contributed by atoms with Crippen LogP contribution in [0, 0.1) is 17.3 Å². The first-order chi connectivity index (χ1) is 15.6. The zero-order valence-electron chi connectivity index (χ0n) is 19.3. The highest BCUT2D eigenvalue weighted by atomic mass is 32.2. The summed E-state index contributed by atoms with van der Waals surface area (Å²) in [5.74, 6) is 1.88. The van der Waals surface area contributed by atoms with Gasteiger partial charge in [0.2, 0.25) is 0 Å². The zero-order chi connectivity index (χ0) is 23.4. The summed E-state index contributed by atoms with van der Waals surface area (Å²) in [6, 6.07) is 14.1. The van der Waals surface area contributed by atoms with Gasteiger partial charge in [-0.3, -0.25) is 0 Å². The first kappa shape index (κ1) is 22.7. The molecule has 6 nitrogen and oxygen atoms in total. The SMILES string of the molecule is COc1cc2c(cc1OS(N)(=O)=O)CCC1C2CC[C@@]2(C)C1CC[C@@]2(O)Cc1ccccc1. The molecular weight excluding hydrogens is 438 g/mol. The second-order valence-electron chi connectivity index (χ2n) is 10.4. The fourth-order valence-electron chi connectivity index (χ4n) is 7.26. The van der Waals surface area contributed by atoms with Gasteiger partial charge in [0, 0.05) is 6.42 Å². The van der Waals surface area contributed by atoms with Gasteiger partial charge >= 0.3 is 10.3 Å². The topological polar surface area (TPSA) is 98.9 Å². The second kappa shape index (κ2) is 8.00. The number of hydrogen-bond acceptors (Lipinski definition) is 5. The molecule has 2 aromatic rings. The molecule has 5 atom stereocenters. The van der Waals surface area contributed by atoms with E-state index in [4.69, 9.17) is 14.1 Å². The Balaban J connectivity index is 1.45. The number of aryl methyl sites for hydroxylation is 1. The zero-order valence-corrected chi connectivity index (χ0v) is 20.1. The fourth-order valence-corrected chi connectivity index (χ4v) is 7.64. The van der Waals surface area contributed by atoms with Crippen molar-refractivity contribution in [1.82, 2.24) is 0 Å². The molecule has 3 unspecified atom stereocenters. The molecule has 5 rings (SSSR count). The number of hydrogen-bond donors (Lipinski definition) is 2. The lowest BCUT2D eigenvalue weighted by Crippen LogP contribution is -2.51. The number of benzene rings is 2. The van der Waals surface area contributed by atoms with Crippen LogP contribution in [0.4, 0.5) is 0 Å². The highest BCUT2D eigenvalue weighted by Crippen LogP contribution is 2.65. The normalized spacial score (nSPS) is 33.0. The Morgan fingerprint density at radius 1 is 1.09 bits per heavy atom. The van der Waals surface area contributed by atoms with Gasteiger partial charge in [-0.15, -0.1) is 0 Å². The number of fused-ring (bicyclic) bond motifs is 5. The van der Waals surface area contributed by atoms with Crippen molar-refractivity contribution in [2.24, 2.45) is 22.4 Å². The van der Waals surface area contributed by atoms with Crippen molar-refractivity contribution < 1.29 is 22.4 Å². The minimum absolute atomic E-state index is 0.109. The molecule has 0 heterocycles. The highest BCUT2D eigenvalue weighted by Gasteiger charge is 2.61. The molecule has 2 saturated carbocycles. The maximum absolute atomic E-state index is 11.9. The third-order valence-corrected chi connectivity index (χ3v) is 9.29. The van der Waals surface area contributed by atoms with Crippen molar-refractivity contribution in [2.75, 3.05) is 7.11 Å². The maximum Gasteiger partial charge on any atom is 0.380 e. The van der Waals surface area contributed by atoms with Gasteiger partial charge in [0.25, 0.3) is 0 Å². The van der Waals surface area contributed by atoms with Gasteiger partial charge in [-0.25, -0.2) is 0 Å². The van der Waals surface area contributed by atoms with Gasteiger partial charge in [-0.1, -0.05) is 37.3 Å². The van der Waals surface area contributed by atoms with E-state index < -0.39 is 15.9 Å². The largest absolute Gasteiger partial charge is 0.493 e. The van der Waals surface area contributed by atoms with Crippen molar-refractivity contribution >= 4 is 10.3 Å². The molecule has 2 fully saturated rings. The predicted molar refractivity (Wildman–Crippen MR) is 126 cm³/mol. The smallest absolute Gasteiger partial charge is 0.380 e. The van der Waals surface area contributed by atoms with Crippen LogP contribution in [-0.2, 0) is 23.1 Å². The Morgan fingerprint density at radius 2 is 1.85 bits per heavy atom. The van der Waals surface area contributed by atoms with E-state index in [2.05, 4.69) is 19.1 Å². The van der Waals surface area contributed by atoms with Crippen molar-refractivity contribution in [3.63, 3.8) is 0 Å². The summed E-state index contributed by atoms with van der Waals surface area (Å²) >= 11 is 0. The van der Waals surface area contributed by atoms with E-state index in [9.17, 15) is 13.5 Å². The molecule has 178 valence electrons. The summed E-state index contributed by atoms with van der Waals surface area (Å²) in [5, 5.41) is 17.0. The molecule has 0 aromatic heterocycles. The molecule has 3 aliphatic carbocycles. The monoisotopic (exact) mass is 471 g/mol. The first-order valence-electron chi connectivity index (χ1n) is 11.8. The quantitative estimate of drug-likeness (QED) is 0.684. The van der Waals surface area contributed by atoms with E-state index in [-0.39, 0.29) is 11.2 Å². The van der Waals surface area contributed by atoms with Gasteiger partial charge < -0.3 is 14.0 Å². The molecule has 33 heavy (non-hydrogen) atoms. The van der Waals surface area contributed by atoms with Crippen molar-refractivity contribution in [3.05, 3.63) is 59.2 Å². The molecular formula is C26H33NO5S. The van der Waals surface area contributed by atoms with Crippen LogP contribution in [0.2, 0.25) is 0 Å². The minimum Gasteiger partial charge on any atom is -0.493 e. The Kier molecular flexibility index (Phi) is 5.50. The molecule has 7 heteroatoms. The van der Waals surface area contributed by atoms with E-state index in [1.165, 1.54) is 18.2 Å². The molecule has 2 aromatic carbocycles. The van der Waals surface area contributed by atoms with Crippen molar-refractivity contribution in [1.29, 1.82) is 0 Å². The summed E-state index contributed by atoms with van der Waals surface area (Å²) in [6.45, 7) is 2.31. The Morgan fingerprint density at radius 3 is 2.55 bits per heavy atom. The summed E-state index contributed by atoms with van der Waals surface area (Å²) in [5.41, 5.74) is 2.74. The van der Waals surface area contributed by atoms with Gasteiger partial charge in [0.15, 0.2) is 11.5 Å². The summed E-state index contributed by atoms with van der Waals surface area (Å²) < 4.78 is 33.4. The number of methoxy groups -OCH3 is 1. The molecule has 3 N–H and O–H groups in total. The summed E-state index contributed by atoms with van der Waals surface area (Å²) in [7, 11) is -2.62. The van der Waals surface area contributed by atoms with Crippen LogP contribution < -0.4 is 14.1 Å². The average molecular weight is 472 g/mol. The molecule has 0 radical (unpaired) electrons. The van der Waals surface area contributed by atoms with Crippen LogP contribution in [0.1, 0.15) is 61.6 Å². The lowest BCUT2D eigenvalue weighted by Gasteiger charge is -2.53. The Bertz CT molecular complexity index is 1150. The third-order valence-electron chi connectivity index (χ3n) is 8.88. The minimum atomic E-state index is -4.13. The molecule has 0 bridgehead atoms. The van der Waals surface area contributed by atoms with Gasteiger partial charge in [0.1, 0.15) is 0 Å². The lowest BCUT2D eigenvalue weighted by atomic mass is 9.52.